The number of halogens is 6. The number of aryl methyl sites for hydroxylation is 2. The molecule has 13 rings (SSSR count). The summed E-state index contributed by atoms with van der Waals surface area (Å²) in [5, 5.41) is 29.0. The fourth-order valence-corrected chi connectivity index (χ4v) is 17.5. The number of rotatable bonds is 18. The number of carbonyl (C=O) groups is 2. The van der Waals surface area contributed by atoms with Crippen LogP contribution in [0.25, 0.3) is 53.7 Å². The lowest BCUT2D eigenvalue weighted by Gasteiger charge is -2.52. The van der Waals surface area contributed by atoms with Crippen LogP contribution in [0, 0.1) is 30.1 Å². The molecule has 4 aliphatic heterocycles. The van der Waals surface area contributed by atoms with Crippen molar-refractivity contribution in [1.82, 2.24) is 59.7 Å². The molecule has 6 fully saturated rings. The maximum Gasteiger partial charge on any atom is 0.417 e. The SMILES string of the molecule is CCn1nccc1-c1ccc(C(CO)NC(=O)C2CCCN2C(=O)C(C(C)C)N(N)/C=C(\N)CC2CC3(CCN(CC4CC4(F)F)CC3)C2)cc1.COc1nc(N2CC3CCC(C2)N3)c2c(n1)sc1c(-c3c(C(F)(F)F)c(C)cc4c3cnn4PI)nccc12. The van der Waals surface area contributed by atoms with Crippen LogP contribution in [0.1, 0.15) is 108 Å². The highest BCUT2D eigenvalue weighted by Gasteiger charge is 2.57. The molecule has 2 aromatic carbocycles. The van der Waals surface area contributed by atoms with Gasteiger partial charge in [-0.25, -0.2) is 19.1 Å². The molecule has 6 aliphatic rings. The van der Waals surface area contributed by atoms with Crippen molar-refractivity contribution in [3.05, 3.63) is 89.6 Å². The van der Waals surface area contributed by atoms with Gasteiger partial charge in [0.05, 0.1) is 64.9 Å². The first-order valence-electron chi connectivity index (χ1n) is 31.1. The van der Waals surface area contributed by atoms with Gasteiger partial charge in [0.2, 0.25) is 11.8 Å². The average molecular weight is 1390 g/mol. The van der Waals surface area contributed by atoms with Crippen LogP contribution in [0.15, 0.2) is 73.0 Å². The maximum atomic E-state index is 14.6. The van der Waals surface area contributed by atoms with Crippen molar-refractivity contribution in [2.45, 2.75) is 141 Å². The number of alkyl halides is 5. The Balaban J connectivity index is 0.000000180. The van der Waals surface area contributed by atoms with E-state index in [1.165, 1.54) is 36.6 Å². The number of methoxy groups -OCH3 is 1. The summed E-state index contributed by atoms with van der Waals surface area (Å²) < 4.78 is 80.3. The highest BCUT2D eigenvalue weighted by Crippen LogP contribution is 2.56. The highest BCUT2D eigenvalue weighted by atomic mass is 127. The summed E-state index contributed by atoms with van der Waals surface area (Å²) in [5.74, 6) is 4.14. The second-order valence-electron chi connectivity index (χ2n) is 25.8. The molecule has 7 N–H and O–H groups in total. The van der Waals surface area contributed by atoms with Gasteiger partial charge in [0.25, 0.3) is 5.92 Å². The van der Waals surface area contributed by atoms with E-state index in [0.29, 0.717) is 76.5 Å². The van der Waals surface area contributed by atoms with Gasteiger partial charge in [-0.2, -0.15) is 33.3 Å². The number of amides is 2. The molecule has 9 heterocycles. The number of anilines is 1. The van der Waals surface area contributed by atoms with Crippen LogP contribution in [0.3, 0.4) is 0 Å². The number of thiophene rings is 1. The summed E-state index contributed by atoms with van der Waals surface area (Å²) in [5.41, 5.74) is 10.6. The molecular formula is C63H78F5IN15O4PS. The van der Waals surface area contributed by atoms with Crippen molar-refractivity contribution >= 4 is 88.6 Å². The van der Waals surface area contributed by atoms with E-state index < -0.39 is 41.7 Å². The van der Waals surface area contributed by atoms with Crippen molar-refractivity contribution in [2.75, 3.05) is 57.9 Å². The molecular weight excluding hydrogens is 1320 g/mol. The summed E-state index contributed by atoms with van der Waals surface area (Å²) in [6.07, 6.45) is 10.6. The summed E-state index contributed by atoms with van der Waals surface area (Å²) in [4.78, 5) is 48.3. The van der Waals surface area contributed by atoms with E-state index in [4.69, 9.17) is 21.3 Å². The number of nitrogens with one attached hydrogen (secondary N) is 2. The number of hydrogen-bond acceptors (Lipinski definition) is 16. The second-order valence-corrected chi connectivity index (χ2v) is 28.8. The van der Waals surface area contributed by atoms with Gasteiger partial charge >= 0.3 is 12.2 Å². The zero-order valence-corrected chi connectivity index (χ0v) is 55.1. The van der Waals surface area contributed by atoms with Gasteiger partial charge in [0.1, 0.15) is 22.7 Å². The second kappa shape index (κ2) is 25.9. The predicted molar refractivity (Wildman–Crippen MR) is 349 cm³/mol. The lowest BCUT2D eigenvalue weighted by molar-refractivity contribution is -0.143. The van der Waals surface area contributed by atoms with Gasteiger partial charge in [-0.05, 0) is 159 Å². The Kier molecular flexibility index (Phi) is 18.5. The number of benzene rings is 2. The Labute approximate surface area is 538 Å². The number of nitrogens with zero attached hydrogens (tertiary/aromatic N) is 11. The van der Waals surface area contributed by atoms with Crippen LogP contribution in [0.4, 0.5) is 27.8 Å². The van der Waals surface area contributed by atoms with Crippen molar-refractivity contribution in [3.63, 3.8) is 0 Å². The van der Waals surface area contributed by atoms with E-state index in [-0.39, 0.29) is 65.4 Å². The predicted octanol–water partition coefficient (Wildman–Crippen LogP) is 10.6. The molecule has 2 amide bonds. The lowest BCUT2D eigenvalue weighted by Crippen LogP contribution is -2.56. The number of piperazine rings is 1. The number of hydrogen-bond donors (Lipinski definition) is 5. The Morgan fingerprint density at radius 1 is 1.01 bits per heavy atom. The smallest absolute Gasteiger partial charge is 0.417 e. The third kappa shape index (κ3) is 12.8. The van der Waals surface area contributed by atoms with Gasteiger partial charge in [0.15, 0.2) is 0 Å². The number of hydrazine groups is 1. The minimum atomic E-state index is -4.57. The Hall–Kier alpha value is -5.90. The van der Waals surface area contributed by atoms with Gasteiger partial charge in [-0.15, -0.1) is 11.3 Å². The topological polar surface area (TPSA) is 227 Å². The number of aliphatic hydroxyl groups is 1. The number of ether oxygens (including phenoxy) is 1. The molecule has 90 heavy (non-hydrogen) atoms. The van der Waals surface area contributed by atoms with Gasteiger partial charge in [-0.1, -0.05) is 38.1 Å². The molecule has 2 bridgehead atoms. The Bertz CT molecular complexity index is 3800. The first-order valence-corrected chi connectivity index (χ1v) is 36.0. The van der Waals surface area contributed by atoms with Crippen LogP contribution >= 0.6 is 39.8 Å². The summed E-state index contributed by atoms with van der Waals surface area (Å²) >= 11 is 3.50. The van der Waals surface area contributed by atoms with Crippen LogP contribution in [-0.4, -0.2) is 149 Å². The number of piperidine rings is 1. The zero-order chi connectivity index (χ0) is 63.6. The largest absolute Gasteiger partial charge is 0.467 e. The van der Waals surface area contributed by atoms with E-state index in [1.807, 2.05) is 61.9 Å². The first kappa shape index (κ1) is 64.2. The Morgan fingerprint density at radius 3 is 2.38 bits per heavy atom. The van der Waals surface area contributed by atoms with Crippen molar-refractivity contribution in [3.8, 4) is 28.5 Å². The number of nitrogens with two attached hydrogens (primary N) is 2. The minimum Gasteiger partial charge on any atom is -0.467 e. The van der Waals surface area contributed by atoms with Crippen LogP contribution in [-0.2, 0) is 22.3 Å². The van der Waals surface area contributed by atoms with E-state index in [1.54, 1.807) is 34.0 Å². The number of carbonyl (C=O) groups excluding carboxylic acids is 2. The van der Waals surface area contributed by atoms with Crippen LogP contribution < -0.4 is 31.8 Å². The molecule has 0 radical (unpaired) electrons. The number of allylic oxidation sites excluding steroid dienone is 1. The fourth-order valence-electron chi connectivity index (χ4n) is 14.8. The number of aromatic nitrogens is 7. The molecule has 7 unspecified atom stereocenters. The highest BCUT2D eigenvalue weighted by molar-refractivity contribution is 14.2. The lowest BCUT2D eigenvalue weighted by atomic mass is 9.56. The standard InChI is InChI=1S/C38H56F2N8O3.C25H22F3IN7OPS/c1-4-48-32(11-14-43-48)28-9-7-27(8-10-28)31(24-49)44-35(50)33-6-5-15-46(33)36(51)34(25(2)3)47(42)23-30(41)18-26-19-37(20-26)12-16-45(17-13-37)22-29-21-38(29,39)40;1-11-7-16-15(8-31-36(16)38-29)17(19(11)25(26,27)28)20-21-14(5-6-30-20)18-22(33-24(37-2)34-23(18)39-21)35-9-12-3-4-13(10-35)32-12/h7-11,14,23,25-26,29,31,33-34,49H,4-6,12-13,15-22,24,41-42H2,1-3H3,(H,44,50);5-8,12-13,32,38H,3-4,9-10H2,1-2H3/b30-23-;. The number of pyridine rings is 1. The van der Waals surface area contributed by atoms with Gasteiger partial charge in [-0.3, -0.25) is 19.3 Å². The molecule has 482 valence electrons. The molecule has 27 heteroatoms. The summed E-state index contributed by atoms with van der Waals surface area (Å²) in [6.45, 7) is 12.2. The minimum absolute atomic E-state index is 0.0346. The van der Waals surface area contributed by atoms with E-state index in [9.17, 15) is 36.6 Å². The third-order valence-corrected chi connectivity index (χ3v) is 22.4. The normalized spacial score (nSPS) is 22.4. The number of fused-ring (bicyclic) bond motifs is 6. The van der Waals surface area contributed by atoms with Crippen LogP contribution in [0.5, 0.6) is 6.01 Å². The molecule has 1 spiro atoms. The monoisotopic (exact) mass is 1390 g/mol. The van der Waals surface area contributed by atoms with Gasteiger partial charge in [0, 0.05) is 97.8 Å². The van der Waals surface area contributed by atoms with E-state index in [2.05, 4.69) is 62.6 Å². The zero-order valence-electron chi connectivity index (χ0n) is 51.1. The number of aliphatic hydroxyl groups excluding tert-OH is 1. The van der Waals surface area contributed by atoms with Crippen molar-refractivity contribution in [1.29, 1.82) is 0 Å². The quantitative estimate of drug-likeness (QED) is 0.0177. The molecule has 4 saturated heterocycles. The van der Waals surface area contributed by atoms with Crippen molar-refractivity contribution in [2.24, 2.45) is 34.7 Å². The molecule has 5 aromatic heterocycles. The van der Waals surface area contributed by atoms with Gasteiger partial charge < -0.3 is 45.9 Å². The molecule has 2 saturated carbocycles. The molecule has 2 aliphatic carbocycles. The summed E-state index contributed by atoms with van der Waals surface area (Å²) in [7, 11) is 1.53. The van der Waals surface area contributed by atoms with E-state index in [0.717, 1.165) is 105 Å². The van der Waals surface area contributed by atoms with E-state index >= 15 is 0 Å². The molecule has 7 atom stereocenters. The average Bonchev–Trinajstić information content (AvgIpc) is 1.50. The molecule has 7 aromatic rings. The Morgan fingerprint density at radius 2 is 1.73 bits per heavy atom. The number of likely N-dealkylation sites (tertiary alicyclic amines) is 2. The third-order valence-electron chi connectivity index (χ3n) is 19.4. The molecule has 19 nitrogen and oxygen atoms in total. The summed E-state index contributed by atoms with van der Waals surface area (Å²) in [6, 6.07) is 12.1. The maximum absolute atomic E-state index is 14.6. The van der Waals surface area contributed by atoms with Crippen molar-refractivity contribution < 1.29 is 41.4 Å². The van der Waals surface area contributed by atoms with Crippen LogP contribution in [0.2, 0.25) is 0 Å². The fraction of sp³-hybridized carbons (Fsp3) is 0.540. The first-order chi connectivity index (χ1) is 43.1.